The van der Waals surface area contributed by atoms with E-state index in [-0.39, 0.29) is 0 Å². The summed E-state index contributed by atoms with van der Waals surface area (Å²) in [5.41, 5.74) is 3.42. The summed E-state index contributed by atoms with van der Waals surface area (Å²) in [6.45, 7) is 0. The van der Waals surface area contributed by atoms with Crippen LogP contribution in [0.1, 0.15) is 0 Å². The third-order valence-corrected chi connectivity index (χ3v) is 5.60. The quantitative estimate of drug-likeness (QED) is 0.284. The van der Waals surface area contributed by atoms with Crippen LogP contribution < -0.4 is 0 Å². The van der Waals surface area contributed by atoms with E-state index in [1.54, 1.807) is 0 Å². The Bertz CT molecular complexity index is 1200. The fourth-order valence-corrected chi connectivity index (χ4v) is 4.29. The van der Waals surface area contributed by atoms with Crippen molar-refractivity contribution < 1.29 is 0 Å². The van der Waals surface area contributed by atoms with Gasteiger partial charge in [0.1, 0.15) is 0 Å². The van der Waals surface area contributed by atoms with Gasteiger partial charge in [0.2, 0.25) is 0 Å². The lowest BCUT2D eigenvalue weighted by molar-refractivity contribution is 1.41. The molecule has 5 rings (SSSR count). The molecule has 1 aromatic heterocycles. The number of hydrogen-bond acceptors (Lipinski definition) is 1. The molecule has 2 heteroatoms. The summed E-state index contributed by atoms with van der Waals surface area (Å²) in [6.07, 6.45) is 1.99. The molecule has 0 aliphatic carbocycles. The van der Waals surface area contributed by atoms with Crippen molar-refractivity contribution >= 4 is 48.4 Å². The van der Waals surface area contributed by atoms with E-state index in [1.165, 1.54) is 27.1 Å². The van der Waals surface area contributed by atoms with Gasteiger partial charge in [-0.05, 0) is 55.2 Å². The Hall–Kier alpha value is -2.71. The standard InChI is InChI=1S/C23H14BrN/c24-23-19-10-4-2-8-17(19)22(18-9-3-5-11-20(18)23)16-13-15-7-1-6-12-21(15)25-14-16/h1-14H. The molecule has 0 unspecified atom stereocenters. The minimum atomic E-state index is 1.02. The number of aromatic nitrogens is 1. The predicted molar refractivity (Wildman–Crippen MR) is 110 cm³/mol. The number of fused-ring (bicyclic) bond motifs is 3. The first-order chi connectivity index (χ1) is 12.3. The van der Waals surface area contributed by atoms with Crippen molar-refractivity contribution in [2.75, 3.05) is 0 Å². The lowest BCUT2D eigenvalue weighted by Crippen LogP contribution is -1.89. The summed E-state index contributed by atoms with van der Waals surface area (Å²) in [6, 6.07) is 27.6. The number of rotatable bonds is 1. The Morgan fingerprint density at radius 3 is 1.88 bits per heavy atom. The minimum Gasteiger partial charge on any atom is -0.256 e. The summed E-state index contributed by atoms with van der Waals surface area (Å²) in [5, 5.41) is 6.10. The lowest BCUT2D eigenvalue weighted by atomic mass is 9.92. The second-order valence-electron chi connectivity index (χ2n) is 6.20. The van der Waals surface area contributed by atoms with Gasteiger partial charge in [0.25, 0.3) is 0 Å². The zero-order valence-electron chi connectivity index (χ0n) is 13.4. The molecule has 0 aliphatic heterocycles. The molecule has 5 aromatic rings. The van der Waals surface area contributed by atoms with Gasteiger partial charge in [0, 0.05) is 21.6 Å². The summed E-state index contributed by atoms with van der Waals surface area (Å²) < 4.78 is 1.15. The molecule has 4 aromatic carbocycles. The molecule has 1 nitrogen and oxygen atoms in total. The maximum absolute atomic E-state index is 4.68. The van der Waals surface area contributed by atoms with E-state index in [0.717, 1.165) is 20.9 Å². The first-order valence-corrected chi connectivity index (χ1v) is 9.06. The molecule has 0 saturated carbocycles. The van der Waals surface area contributed by atoms with Gasteiger partial charge in [0.05, 0.1) is 5.52 Å². The molecule has 0 bridgehead atoms. The van der Waals surface area contributed by atoms with Crippen molar-refractivity contribution in [1.29, 1.82) is 0 Å². The van der Waals surface area contributed by atoms with Crippen LogP contribution in [-0.4, -0.2) is 4.98 Å². The molecule has 118 valence electrons. The molecule has 0 aliphatic rings. The predicted octanol–water partition coefficient (Wildman–Crippen LogP) is 6.97. The third-order valence-electron chi connectivity index (χ3n) is 4.74. The molecular weight excluding hydrogens is 370 g/mol. The van der Waals surface area contributed by atoms with Gasteiger partial charge >= 0.3 is 0 Å². The van der Waals surface area contributed by atoms with E-state index >= 15 is 0 Å². The van der Waals surface area contributed by atoms with Crippen molar-refractivity contribution in [2.24, 2.45) is 0 Å². The number of hydrogen-bond donors (Lipinski definition) is 0. The number of pyridine rings is 1. The monoisotopic (exact) mass is 383 g/mol. The molecule has 0 radical (unpaired) electrons. The van der Waals surface area contributed by atoms with Crippen LogP contribution in [0.15, 0.2) is 89.5 Å². The van der Waals surface area contributed by atoms with Crippen molar-refractivity contribution in [2.45, 2.75) is 0 Å². The number of benzene rings is 4. The van der Waals surface area contributed by atoms with Gasteiger partial charge in [-0.3, -0.25) is 4.98 Å². The number of halogens is 1. The van der Waals surface area contributed by atoms with Gasteiger partial charge < -0.3 is 0 Å². The Morgan fingerprint density at radius 2 is 1.20 bits per heavy atom. The molecule has 0 saturated heterocycles. The highest BCUT2D eigenvalue weighted by molar-refractivity contribution is 9.10. The van der Waals surface area contributed by atoms with Gasteiger partial charge in [0.15, 0.2) is 0 Å². The molecule has 1 heterocycles. The van der Waals surface area contributed by atoms with Crippen LogP contribution in [0.25, 0.3) is 43.6 Å². The van der Waals surface area contributed by atoms with E-state index in [2.05, 4.69) is 93.7 Å². The second-order valence-corrected chi connectivity index (χ2v) is 6.99. The summed E-state index contributed by atoms with van der Waals surface area (Å²) >= 11 is 3.81. The van der Waals surface area contributed by atoms with Crippen molar-refractivity contribution in [3.8, 4) is 11.1 Å². The Balaban J connectivity index is 1.97. The van der Waals surface area contributed by atoms with Crippen LogP contribution in [0.4, 0.5) is 0 Å². The zero-order valence-corrected chi connectivity index (χ0v) is 15.0. The fourth-order valence-electron chi connectivity index (χ4n) is 3.59. The van der Waals surface area contributed by atoms with Gasteiger partial charge in [-0.2, -0.15) is 0 Å². The van der Waals surface area contributed by atoms with Crippen molar-refractivity contribution in [1.82, 2.24) is 4.98 Å². The van der Waals surface area contributed by atoms with Crippen LogP contribution in [0, 0.1) is 0 Å². The molecule has 0 amide bonds. The van der Waals surface area contributed by atoms with Gasteiger partial charge in [-0.25, -0.2) is 0 Å². The average molecular weight is 384 g/mol. The first-order valence-electron chi connectivity index (χ1n) is 8.27. The molecule has 0 spiro atoms. The van der Waals surface area contributed by atoms with Crippen LogP contribution in [0.2, 0.25) is 0 Å². The van der Waals surface area contributed by atoms with Crippen molar-refractivity contribution in [3.63, 3.8) is 0 Å². The number of para-hydroxylation sites is 1. The van der Waals surface area contributed by atoms with E-state index in [0.29, 0.717) is 0 Å². The molecule has 25 heavy (non-hydrogen) atoms. The maximum atomic E-state index is 4.68. The van der Waals surface area contributed by atoms with Gasteiger partial charge in [-0.1, -0.05) is 66.7 Å². The Kier molecular flexibility index (Phi) is 3.32. The lowest BCUT2D eigenvalue weighted by Gasteiger charge is -2.14. The van der Waals surface area contributed by atoms with Crippen LogP contribution in [0.5, 0.6) is 0 Å². The normalized spacial score (nSPS) is 11.4. The smallest absolute Gasteiger partial charge is 0.0702 e. The molecule has 0 fully saturated rings. The van der Waals surface area contributed by atoms with Gasteiger partial charge in [-0.15, -0.1) is 0 Å². The summed E-state index contributed by atoms with van der Waals surface area (Å²) in [4.78, 5) is 4.68. The Morgan fingerprint density at radius 1 is 0.640 bits per heavy atom. The van der Waals surface area contributed by atoms with Crippen molar-refractivity contribution in [3.05, 3.63) is 89.5 Å². The maximum Gasteiger partial charge on any atom is 0.0702 e. The highest BCUT2D eigenvalue weighted by atomic mass is 79.9. The fraction of sp³-hybridized carbons (Fsp3) is 0. The summed E-state index contributed by atoms with van der Waals surface area (Å²) in [7, 11) is 0. The van der Waals surface area contributed by atoms with Crippen LogP contribution in [0.3, 0.4) is 0 Å². The number of nitrogens with zero attached hydrogens (tertiary/aromatic N) is 1. The zero-order chi connectivity index (χ0) is 16.8. The first kappa shape index (κ1) is 14.6. The van der Waals surface area contributed by atoms with Crippen LogP contribution >= 0.6 is 15.9 Å². The third kappa shape index (κ3) is 2.25. The second kappa shape index (κ2) is 5.68. The summed E-state index contributed by atoms with van der Waals surface area (Å²) in [5.74, 6) is 0. The average Bonchev–Trinajstić information content (AvgIpc) is 2.68. The van der Waals surface area contributed by atoms with E-state index in [1.807, 2.05) is 12.3 Å². The van der Waals surface area contributed by atoms with E-state index in [4.69, 9.17) is 0 Å². The minimum absolute atomic E-state index is 1.02. The molecular formula is C23H14BrN. The molecule has 0 atom stereocenters. The molecule has 0 N–H and O–H groups in total. The van der Waals surface area contributed by atoms with E-state index < -0.39 is 0 Å². The van der Waals surface area contributed by atoms with Crippen LogP contribution in [-0.2, 0) is 0 Å². The topological polar surface area (TPSA) is 12.9 Å². The largest absolute Gasteiger partial charge is 0.256 e. The SMILES string of the molecule is Brc1c2ccccc2c(-c2cnc3ccccc3c2)c2ccccc12. The highest BCUT2D eigenvalue weighted by Gasteiger charge is 2.14. The highest BCUT2D eigenvalue weighted by Crippen LogP contribution is 2.41. The van der Waals surface area contributed by atoms with E-state index in [9.17, 15) is 0 Å². The Labute approximate surface area is 154 Å².